The molecule has 1 aromatic heterocycles. The second-order valence-electron chi connectivity index (χ2n) is 6.49. The third-order valence-corrected chi connectivity index (χ3v) is 4.14. The molecule has 0 saturated heterocycles. The van der Waals surface area contributed by atoms with Crippen LogP contribution in [0, 0.1) is 20.8 Å². The molecule has 2 aromatic rings. The minimum Gasteiger partial charge on any atom is -0.492 e. The summed E-state index contributed by atoms with van der Waals surface area (Å²) in [7, 11) is 3.96. The predicted octanol–water partition coefficient (Wildman–Crippen LogP) is 2.22. The highest BCUT2D eigenvalue weighted by atomic mass is 16.5. The maximum atomic E-state index is 5.90. The summed E-state index contributed by atoms with van der Waals surface area (Å²) in [5.41, 5.74) is 2.42. The molecule has 0 bridgehead atoms. The van der Waals surface area contributed by atoms with Gasteiger partial charge in [0.15, 0.2) is 11.8 Å². The minimum atomic E-state index is 0.488. The summed E-state index contributed by atoms with van der Waals surface area (Å²) in [6.07, 6.45) is 0. The molecule has 26 heavy (non-hydrogen) atoms. The van der Waals surface area contributed by atoms with Gasteiger partial charge in [-0.15, -0.1) is 10.2 Å². The molecule has 7 nitrogen and oxygen atoms in total. The lowest BCUT2D eigenvalue weighted by Crippen LogP contribution is -2.40. The maximum absolute atomic E-state index is 5.90. The van der Waals surface area contributed by atoms with E-state index in [1.165, 1.54) is 11.1 Å². The molecule has 2 rings (SSSR count). The van der Waals surface area contributed by atoms with Crippen LogP contribution in [0.15, 0.2) is 23.2 Å². The van der Waals surface area contributed by atoms with E-state index in [9.17, 15) is 0 Å². The smallest absolute Gasteiger partial charge is 0.194 e. The van der Waals surface area contributed by atoms with Gasteiger partial charge < -0.3 is 19.5 Å². The van der Waals surface area contributed by atoms with Crippen LogP contribution in [0.2, 0.25) is 0 Å². The molecule has 0 spiro atoms. The van der Waals surface area contributed by atoms with Crippen molar-refractivity contribution in [3.05, 3.63) is 41.0 Å². The van der Waals surface area contributed by atoms with Crippen molar-refractivity contribution in [3.8, 4) is 5.75 Å². The minimum absolute atomic E-state index is 0.488. The number of guanidine groups is 1. The molecular formula is C19H30N6O. The van der Waals surface area contributed by atoms with E-state index in [1.807, 2.05) is 25.6 Å². The van der Waals surface area contributed by atoms with E-state index in [0.717, 1.165) is 36.4 Å². The monoisotopic (exact) mass is 358 g/mol. The van der Waals surface area contributed by atoms with E-state index in [1.54, 1.807) is 0 Å². The van der Waals surface area contributed by atoms with Crippen LogP contribution < -0.4 is 10.1 Å². The third-order valence-electron chi connectivity index (χ3n) is 4.14. The zero-order valence-corrected chi connectivity index (χ0v) is 16.7. The lowest BCUT2D eigenvalue weighted by molar-refractivity contribution is 0.281. The first-order valence-corrected chi connectivity index (χ1v) is 8.96. The van der Waals surface area contributed by atoms with Gasteiger partial charge in [0.05, 0.1) is 6.54 Å². The van der Waals surface area contributed by atoms with E-state index < -0.39 is 0 Å². The van der Waals surface area contributed by atoms with Gasteiger partial charge in [0.1, 0.15) is 24.7 Å². The molecule has 0 fully saturated rings. The first-order valence-electron chi connectivity index (χ1n) is 8.96. The van der Waals surface area contributed by atoms with Crippen LogP contribution in [-0.2, 0) is 13.6 Å². The number of aromatic nitrogens is 3. The van der Waals surface area contributed by atoms with Crippen LogP contribution in [0.4, 0.5) is 0 Å². The summed E-state index contributed by atoms with van der Waals surface area (Å²) < 4.78 is 7.86. The van der Waals surface area contributed by atoms with Gasteiger partial charge in [0.25, 0.3) is 0 Å². The van der Waals surface area contributed by atoms with E-state index >= 15 is 0 Å². The van der Waals surface area contributed by atoms with Gasteiger partial charge in [-0.25, -0.2) is 4.99 Å². The molecule has 0 unspecified atom stereocenters. The number of benzene rings is 1. The highest BCUT2D eigenvalue weighted by Gasteiger charge is 2.08. The number of nitrogens with zero attached hydrogens (tertiary/aromatic N) is 5. The molecule has 0 aliphatic heterocycles. The van der Waals surface area contributed by atoms with Crippen molar-refractivity contribution in [2.24, 2.45) is 12.0 Å². The quantitative estimate of drug-likeness (QED) is 0.607. The molecule has 0 aliphatic rings. The Kier molecular flexibility index (Phi) is 7.00. The van der Waals surface area contributed by atoms with Crippen molar-refractivity contribution in [1.82, 2.24) is 25.0 Å². The Hall–Kier alpha value is -2.57. The van der Waals surface area contributed by atoms with Crippen LogP contribution in [-0.4, -0.2) is 52.4 Å². The fraction of sp³-hybridized carbons (Fsp3) is 0.526. The molecule has 0 saturated carbocycles. The Morgan fingerprint density at radius 3 is 2.46 bits per heavy atom. The van der Waals surface area contributed by atoms with Crippen molar-refractivity contribution < 1.29 is 4.74 Å². The van der Waals surface area contributed by atoms with Gasteiger partial charge in [-0.1, -0.05) is 6.07 Å². The van der Waals surface area contributed by atoms with Gasteiger partial charge in [-0.05, 0) is 51.0 Å². The van der Waals surface area contributed by atoms with Gasteiger partial charge in [0.2, 0.25) is 0 Å². The number of aliphatic imine (C=N–C) groups is 1. The Bertz CT molecular complexity index is 732. The molecule has 7 heteroatoms. The third kappa shape index (κ3) is 5.47. The summed E-state index contributed by atoms with van der Waals surface area (Å²) in [5, 5.41) is 11.5. The SMILES string of the molecule is CCNC(=NCc1nnc(C)n1C)N(C)CCOc1cc(C)cc(C)c1. The average molecular weight is 358 g/mol. The first-order chi connectivity index (χ1) is 12.4. The maximum Gasteiger partial charge on any atom is 0.194 e. The largest absolute Gasteiger partial charge is 0.492 e. The highest BCUT2D eigenvalue weighted by Crippen LogP contribution is 2.16. The molecular weight excluding hydrogens is 328 g/mol. The van der Waals surface area contributed by atoms with E-state index in [0.29, 0.717) is 13.2 Å². The van der Waals surface area contributed by atoms with Crippen LogP contribution in [0.25, 0.3) is 0 Å². The van der Waals surface area contributed by atoms with Gasteiger partial charge in [0, 0.05) is 20.6 Å². The first kappa shape index (κ1) is 19.8. The molecule has 1 N–H and O–H groups in total. The van der Waals surface area contributed by atoms with Gasteiger partial charge in [-0.3, -0.25) is 0 Å². The number of aryl methyl sites for hydroxylation is 3. The lowest BCUT2D eigenvalue weighted by Gasteiger charge is -2.22. The molecule has 0 amide bonds. The second-order valence-corrected chi connectivity index (χ2v) is 6.49. The predicted molar refractivity (Wildman–Crippen MR) is 105 cm³/mol. The number of hydrogen-bond acceptors (Lipinski definition) is 4. The van der Waals surface area contributed by atoms with Gasteiger partial charge in [-0.2, -0.15) is 0 Å². The normalized spacial score (nSPS) is 11.5. The Morgan fingerprint density at radius 1 is 1.19 bits per heavy atom. The molecule has 0 aliphatic carbocycles. The van der Waals surface area contributed by atoms with E-state index in [2.05, 4.69) is 64.4 Å². The van der Waals surface area contributed by atoms with Gasteiger partial charge >= 0.3 is 0 Å². The Balaban J connectivity index is 1.93. The fourth-order valence-electron chi connectivity index (χ4n) is 2.63. The number of rotatable bonds is 7. The molecule has 0 atom stereocenters. The van der Waals surface area contributed by atoms with Crippen LogP contribution in [0.5, 0.6) is 5.75 Å². The van der Waals surface area contributed by atoms with Crippen LogP contribution in [0.3, 0.4) is 0 Å². The summed E-state index contributed by atoms with van der Waals surface area (Å²) in [6, 6.07) is 6.26. The summed E-state index contributed by atoms with van der Waals surface area (Å²) >= 11 is 0. The Labute approximate surface area is 156 Å². The number of hydrogen-bond donors (Lipinski definition) is 1. The van der Waals surface area contributed by atoms with E-state index in [-0.39, 0.29) is 0 Å². The fourth-order valence-corrected chi connectivity index (χ4v) is 2.63. The lowest BCUT2D eigenvalue weighted by atomic mass is 10.1. The van der Waals surface area contributed by atoms with Crippen molar-refractivity contribution in [1.29, 1.82) is 0 Å². The number of ether oxygens (including phenoxy) is 1. The van der Waals surface area contributed by atoms with Crippen LogP contribution in [0.1, 0.15) is 29.7 Å². The Morgan fingerprint density at radius 2 is 1.88 bits per heavy atom. The zero-order chi connectivity index (χ0) is 19.1. The van der Waals surface area contributed by atoms with Crippen LogP contribution >= 0.6 is 0 Å². The number of nitrogens with one attached hydrogen (secondary N) is 1. The highest BCUT2D eigenvalue weighted by molar-refractivity contribution is 5.79. The molecule has 1 heterocycles. The van der Waals surface area contributed by atoms with E-state index in [4.69, 9.17) is 4.74 Å². The standard InChI is InChI=1S/C19H30N6O/c1-7-20-19(21-13-18-23-22-16(4)25(18)6)24(5)8-9-26-17-11-14(2)10-15(3)12-17/h10-12H,7-9,13H2,1-6H3,(H,20,21). The van der Waals surface area contributed by atoms with Crippen molar-refractivity contribution >= 4 is 5.96 Å². The van der Waals surface area contributed by atoms with Crippen molar-refractivity contribution in [3.63, 3.8) is 0 Å². The second kappa shape index (κ2) is 9.22. The summed E-state index contributed by atoms with van der Waals surface area (Å²) in [6.45, 7) is 10.8. The zero-order valence-electron chi connectivity index (χ0n) is 16.7. The topological polar surface area (TPSA) is 67.6 Å². The molecule has 1 aromatic carbocycles. The summed E-state index contributed by atoms with van der Waals surface area (Å²) in [5.74, 6) is 3.47. The molecule has 0 radical (unpaired) electrons. The van der Waals surface area contributed by atoms with Crippen molar-refractivity contribution in [2.75, 3.05) is 26.7 Å². The summed E-state index contributed by atoms with van der Waals surface area (Å²) in [4.78, 5) is 6.73. The number of likely N-dealkylation sites (N-methyl/N-ethyl adjacent to an activating group) is 1. The van der Waals surface area contributed by atoms with Crippen molar-refractivity contribution in [2.45, 2.75) is 34.2 Å². The molecule has 142 valence electrons. The average Bonchev–Trinajstić information content (AvgIpc) is 2.89.